The van der Waals surface area contributed by atoms with E-state index in [9.17, 15) is 0 Å². The van der Waals surface area contributed by atoms with Gasteiger partial charge in [-0.05, 0) is 25.7 Å². The SMILES string of the molecule is N#CCC[NH2+]C1CCCCC1. The Balaban J connectivity index is 2.01. The molecule has 0 unspecified atom stereocenters. The van der Waals surface area contributed by atoms with Crippen LogP contribution in [-0.4, -0.2) is 12.6 Å². The third kappa shape index (κ3) is 3.38. The van der Waals surface area contributed by atoms with E-state index in [1.54, 1.807) is 0 Å². The Bertz CT molecular complexity index is 131. The van der Waals surface area contributed by atoms with Gasteiger partial charge >= 0.3 is 0 Å². The van der Waals surface area contributed by atoms with Crippen molar-refractivity contribution in [2.75, 3.05) is 6.54 Å². The Labute approximate surface area is 68.6 Å². The van der Waals surface area contributed by atoms with E-state index >= 15 is 0 Å². The highest BCUT2D eigenvalue weighted by atomic mass is 14.9. The first kappa shape index (κ1) is 8.55. The summed E-state index contributed by atoms with van der Waals surface area (Å²) >= 11 is 0. The molecule has 1 saturated carbocycles. The summed E-state index contributed by atoms with van der Waals surface area (Å²) in [5, 5.41) is 10.7. The molecule has 1 aliphatic rings. The van der Waals surface area contributed by atoms with Crippen molar-refractivity contribution in [1.29, 1.82) is 5.26 Å². The second-order valence-corrected chi connectivity index (χ2v) is 3.33. The molecule has 0 aromatic rings. The lowest BCUT2D eigenvalue weighted by Crippen LogP contribution is -2.90. The Morgan fingerprint density at radius 3 is 2.64 bits per heavy atom. The van der Waals surface area contributed by atoms with E-state index in [0.29, 0.717) is 6.42 Å². The number of nitrogens with two attached hydrogens (primary N) is 1. The number of quaternary nitrogens is 1. The van der Waals surface area contributed by atoms with Gasteiger partial charge in [0, 0.05) is 0 Å². The third-order valence-corrected chi connectivity index (χ3v) is 2.41. The molecule has 0 spiro atoms. The fourth-order valence-corrected chi connectivity index (χ4v) is 1.75. The first-order valence-corrected chi connectivity index (χ1v) is 4.64. The van der Waals surface area contributed by atoms with E-state index in [4.69, 9.17) is 5.26 Å². The van der Waals surface area contributed by atoms with Crippen LogP contribution >= 0.6 is 0 Å². The van der Waals surface area contributed by atoms with E-state index < -0.39 is 0 Å². The van der Waals surface area contributed by atoms with Crippen LogP contribution in [0, 0.1) is 11.3 Å². The number of rotatable bonds is 3. The van der Waals surface area contributed by atoms with Gasteiger partial charge in [-0.1, -0.05) is 6.42 Å². The molecule has 1 fully saturated rings. The van der Waals surface area contributed by atoms with Crippen molar-refractivity contribution in [1.82, 2.24) is 0 Å². The molecule has 0 amide bonds. The van der Waals surface area contributed by atoms with Crippen LogP contribution in [0.15, 0.2) is 0 Å². The van der Waals surface area contributed by atoms with Crippen molar-refractivity contribution >= 4 is 0 Å². The fourth-order valence-electron chi connectivity index (χ4n) is 1.75. The van der Waals surface area contributed by atoms with Gasteiger partial charge in [-0.2, -0.15) is 5.26 Å². The molecule has 0 aromatic carbocycles. The van der Waals surface area contributed by atoms with Gasteiger partial charge in [0.15, 0.2) is 0 Å². The number of nitriles is 1. The zero-order valence-electron chi connectivity index (χ0n) is 7.05. The maximum atomic E-state index is 8.33. The molecule has 0 atom stereocenters. The van der Waals surface area contributed by atoms with Gasteiger partial charge in [0.05, 0.1) is 25.1 Å². The van der Waals surface area contributed by atoms with Crippen LogP contribution in [0.3, 0.4) is 0 Å². The van der Waals surface area contributed by atoms with E-state index in [1.165, 1.54) is 32.1 Å². The molecule has 11 heavy (non-hydrogen) atoms. The van der Waals surface area contributed by atoms with Crippen molar-refractivity contribution in [2.45, 2.75) is 44.6 Å². The molecule has 1 rings (SSSR count). The summed E-state index contributed by atoms with van der Waals surface area (Å²) in [6.07, 6.45) is 7.65. The Kier molecular flexibility index (Phi) is 4.00. The van der Waals surface area contributed by atoms with Crippen LogP contribution in [0.25, 0.3) is 0 Å². The molecular formula is C9H17N2+. The van der Waals surface area contributed by atoms with Crippen LogP contribution in [0.5, 0.6) is 0 Å². The van der Waals surface area contributed by atoms with E-state index in [2.05, 4.69) is 11.4 Å². The smallest absolute Gasteiger partial charge is 0.0889 e. The molecule has 0 aromatic heterocycles. The molecule has 2 N–H and O–H groups in total. The minimum atomic E-state index is 0.705. The monoisotopic (exact) mass is 153 g/mol. The average Bonchev–Trinajstić information content (AvgIpc) is 2.07. The topological polar surface area (TPSA) is 40.4 Å². The molecule has 0 radical (unpaired) electrons. The van der Waals surface area contributed by atoms with Crippen molar-refractivity contribution in [2.24, 2.45) is 0 Å². The molecule has 0 heterocycles. The highest BCUT2D eigenvalue weighted by molar-refractivity contribution is 4.67. The lowest BCUT2D eigenvalue weighted by atomic mass is 9.95. The molecule has 2 nitrogen and oxygen atoms in total. The summed E-state index contributed by atoms with van der Waals surface area (Å²) in [6, 6.07) is 3.01. The summed E-state index contributed by atoms with van der Waals surface area (Å²) in [5.41, 5.74) is 0. The lowest BCUT2D eigenvalue weighted by Gasteiger charge is -2.18. The Hall–Kier alpha value is -0.550. The Morgan fingerprint density at radius 1 is 1.27 bits per heavy atom. The molecule has 0 bridgehead atoms. The van der Waals surface area contributed by atoms with E-state index in [-0.39, 0.29) is 0 Å². The van der Waals surface area contributed by atoms with Gasteiger partial charge < -0.3 is 5.32 Å². The first-order chi connectivity index (χ1) is 5.43. The van der Waals surface area contributed by atoms with Gasteiger partial charge in [-0.3, -0.25) is 0 Å². The highest BCUT2D eigenvalue weighted by Gasteiger charge is 2.14. The largest absolute Gasteiger partial charge is 0.343 e. The second kappa shape index (κ2) is 5.15. The summed E-state index contributed by atoms with van der Waals surface area (Å²) in [4.78, 5) is 0. The van der Waals surface area contributed by atoms with Crippen LogP contribution in [0.4, 0.5) is 0 Å². The van der Waals surface area contributed by atoms with Gasteiger partial charge in [0.25, 0.3) is 0 Å². The summed E-state index contributed by atoms with van der Waals surface area (Å²) < 4.78 is 0. The van der Waals surface area contributed by atoms with Gasteiger partial charge in [-0.15, -0.1) is 0 Å². The quantitative estimate of drug-likeness (QED) is 0.598. The molecule has 0 saturated heterocycles. The average molecular weight is 153 g/mol. The maximum Gasteiger partial charge on any atom is 0.0889 e. The number of hydrogen-bond donors (Lipinski definition) is 1. The standard InChI is InChI=1S/C9H16N2/c10-7-4-8-11-9-5-2-1-3-6-9/h9,11H,1-6,8H2/p+1. The Morgan fingerprint density at radius 2 is 2.00 bits per heavy atom. The van der Waals surface area contributed by atoms with Crippen molar-refractivity contribution in [3.05, 3.63) is 0 Å². The van der Waals surface area contributed by atoms with Crippen molar-refractivity contribution in [3.63, 3.8) is 0 Å². The summed E-state index contributed by atoms with van der Waals surface area (Å²) in [5.74, 6) is 0. The highest BCUT2D eigenvalue weighted by Crippen LogP contribution is 2.14. The lowest BCUT2D eigenvalue weighted by molar-refractivity contribution is -0.690. The number of nitrogens with zero attached hydrogens (tertiary/aromatic N) is 1. The van der Waals surface area contributed by atoms with Gasteiger partial charge in [0.2, 0.25) is 0 Å². The fraction of sp³-hybridized carbons (Fsp3) is 0.889. The van der Waals surface area contributed by atoms with Gasteiger partial charge in [-0.25, -0.2) is 0 Å². The second-order valence-electron chi connectivity index (χ2n) is 3.33. The van der Waals surface area contributed by atoms with Gasteiger partial charge in [0.1, 0.15) is 0 Å². The molecule has 62 valence electrons. The molecule has 0 aliphatic heterocycles. The third-order valence-electron chi connectivity index (χ3n) is 2.41. The summed E-state index contributed by atoms with van der Waals surface area (Å²) in [6.45, 7) is 1.00. The van der Waals surface area contributed by atoms with Crippen molar-refractivity contribution in [3.8, 4) is 6.07 Å². The molecular weight excluding hydrogens is 136 g/mol. The van der Waals surface area contributed by atoms with Crippen LogP contribution in [-0.2, 0) is 0 Å². The first-order valence-electron chi connectivity index (χ1n) is 4.64. The normalized spacial score (nSPS) is 19.5. The van der Waals surface area contributed by atoms with E-state index in [1.807, 2.05) is 0 Å². The summed E-state index contributed by atoms with van der Waals surface area (Å²) in [7, 11) is 0. The zero-order valence-corrected chi connectivity index (χ0v) is 7.05. The minimum Gasteiger partial charge on any atom is -0.343 e. The molecule has 2 heteroatoms. The van der Waals surface area contributed by atoms with Crippen molar-refractivity contribution < 1.29 is 5.32 Å². The predicted molar refractivity (Wildman–Crippen MR) is 43.9 cm³/mol. The number of hydrogen-bond acceptors (Lipinski definition) is 1. The minimum absolute atomic E-state index is 0.705. The van der Waals surface area contributed by atoms with Crippen LogP contribution in [0.1, 0.15) is 38.5 Å². The van der Waals surface area contributed by atoms with Crippen LogP contribution in [0.2, 0.25) is 0 Å². The van der Waals surface area contributed by atoms with Crippen LogP contribution < -0.4 is 5.32 Å². The maximum absolute atomic E-state index is 8.33. The molecule has 1 aliphatic carbocycles. The zero-order chi connectivity index (χ0) is 7.94. The van der Waals surface area contributed by atoms with E-state index in [0.717, 1.165) is 12.6 Å². The predicted octanol–water partition coefficient (Wildman–Crippen LogP) is 0.796.